The van der Waals surface area contributed by atoms with Gasteiger partial charge in [0.05, 0.1) is 16.7 Å². The number of fused-ring (bicyclic) bond motifs is 18. The lowest BCUT2D eigenvalue weighted by atomic mass is 9.79. The highest BCUT2D eigenvalue weighted by Gasteiger charge is 2.40. The lowest BCUT2D eigenvalue weighted by Crippen LogP contribution is -2.18. The quantitative estimate of drug-likeness (QED) is 0.161. The first-order valence-corrected chi connectivity index (χ1v) is 21.0. The Hall–Kier alpha value is -6.81. The van der Waals surface area contributed by atoms with Crippen molar-refractivity contribution in [1.82, 2.24) is 9.55 Å². The summed E-state index contributed by atoms with van der Waals surface area (Å²) in [6.45, 7) is 7.10. The summed E-state index contributed by atoms with van der Waals surface area (Å²) in [6.07, 6.45) is 0. The fourth-order valence-corrected chi connectivity index (χ4v) is 12.0. The highest BCUT2D eigenvalue weighted by molar-refractivity contribution is 7.25. The number of pyridine rings is 1. The van der Waals surface area contributed by atoms with Crippen molar-refractivity contribution in [1.29, 1.82) is 0 Å². The lowest BCUT2D eigenvalue weighted by molar-refractivity contribution is 0.654. The largest absolute Gasteiger partial charge is 0.293 e. The fourth-order valence-electron chi connectivity index (χ4n) is 10.9. The summed E-state index contributed by atoms with van der Waals surface area (Å²) in [4.78, 5) is 5.96. The smallest absolute Gasteiger partial charge is 0.146 e. The number of benzene rings is 9. The van der Waals surface area contributed by atoms with E-state index in [1.165, 1.54) is 118 Å². The third-order valence-electron chi connectivity index (χ3n) is 13.3. The first-order chi connectivity index (χ1) is 28.5. The van der Waals surface area contributed by atoms with Crippen molar-refractivity contribution in [2.45, 2.75) is 26.2 Å². The van der Waals surface area contributed by atoms with Crippen LogP contribution in [0.5, 0.6) is 0 Å². The van der Waals surface area contributed by atoms with Gasteiger partial charge in [0.25, 0.3) is 0 Å². The molecule has 272 valence electrons. The van der Waals surface area contributed by atoms with Crippen LogP contribution in [0.1, 0.15) is 30.5 Å². The van der Waals surface area contributed by atoms with Gasteiger partial charge in [0.1, 0.15) is 5.82 Å². The molecule has 1 aliphatic carbocycles. The monoisotopic (exact) mass is 756 g/mol. The number of hydrogen-bond acceptors (Lipinski definition) is 2. The van der Waals surface area contributed by atoms with Gasteiger partial charge in [0.2, 0.25) is 0 Å². The topological polar surface area (TPSA) is 17.8 Å². The molecule has 0 bridgehead atoms. The van der Waals surface area contributed by atoms with Gasteiger partial charge < -0.3 is 0 Å². The van der Waals surface area contributed by atoms with Crippen molar-refractivity contribution in [2.24, 2.45) is 0 Å². The SMILES string of the molecule is Cc1c(-c2ccc3c(c2)sc2ccccc23)c(-n2c3ccc4c5ccccc5c5ccccc5c4c3c3ccc4ccccc4c32)nc2c1C(C)(C)c1ccccc1-2. The van der Waals surface area contributed by atoms with Crippen molar-refractivity contribution >= 4 is 96.4 Å². The summed E-state index contributed by atoms with van der Waals surface area (Å²) in [5, 5.41) is 15.3. The number of nitrogens with zero attached hydrogens (tertiary/aromatic N) is 2. The molecule has 13 rings (SSSR count). The average molecular weight is 757 g/mol. The van der Waals surface area contributed by atoms with Crippen LogP contribution < -0.4 is 0 Å². The van der Waals surface area contributed by atoms with Crippen LogP contribution in [-0.2, 0) is 5.41 Å². The normalized spacial score (nSPS) is 13.6. The highest BCUT2D eigenvalue weighted by Crippen LogP contribution is 2.53. The second-order valence-electron chi connectivity index (χ2n) is 16.6. The summed E-state index contributed by atoms with van der Waals surface area (Å²) in [5.74, 6) is 0.977. The molecule has 0 atom stereocenters. The van der Waals surface area contributed by atoms with E-state index in [1.807, 2.05) is 11.3 Å². The van der Waals surface area contributed by atoms with Gasteiger partial charge in [-0.3, -0.25) is 4.57 Å². The molecule has 3 aromatic heterocycles. The molecular formula is C55H36N2S. The molecule has 9 aromatic carbocycles. The third kappa shape index (κ3) is 4.09. The molecule has 0 spiro atoms. The molecular weight excluding hydrogens is 721 g/mol. The summed E-state index contributed by atoms with van der Waals surface area (Å²) >= 11 is 1.88. The average Bonchev–Trinajstić information content (AvgIpc) is 3.88. The van der Waals surface area contributed by atoms with E-state index in [2.05, 4.69) is 189 Å². The van der Waals surface area contributed by atoms with Crippen LogP contribution in [0.4, 0.5) is 0 Å². The van der Waals surface area contributed by atoms with Gasteiger partial charge in [-0.2, -0.15) is 0 Å². The Morgan fingerprint density at radius 3 is 1.93 bits per heavy atom. The maximum Gasteiger partial charge on any atom is 0.146 e. The lowest BCUT2D eigenvalue weighted by Gasteiger charge is -2.26. The molecule has 0 N–H and O–H groups in total. The Kier molecular flexibility index (Phi) is 6.35. The fraction of sp³-hybridized carbons (Fsp3) is 0.0727. The molecule has 12 aromatic rings. The number of thiophene rings is 1. The van der Waals surface area contributed by atoms with Crippen LogP contribution in [0.3, 0.4) is 0 Å². The summed E-state index contributed by atoms with van der Waals surface area (Å²) < 4.78 is 5.14. The second-order valence-corrected chi connectivity index (χ2v) is 17.7. The van der Waals surface area contributed by atoms with Crippen molar-refractivity contribution in [3.63, 3.8) is 0 Å². The van der Waals surface area contributed by atoms with Crippen molar-refractivity contribution in [3.05, 3.63) is 180 Å². The summed E-state index contributed by atoms with van der Waals surface area (Å²) in [6, 6.07) is 61.0. The van der Waals surface area contributed by atoms with Gasteiger partial charge in [-0.1, -0.05) is 159 Å². The minimum atomic E-state index is -0.207. The van der Waals surface area contributed by atoms with Crippen molar-refractivity contribution < 1.29 is 0 Å². The van der Waals surface area contributed by atoms with Gasteiger partial charge in [-0.15, -0.1) is 11.3 Å². The molecule has 58 heavy (non-hydrogen) atoms. The third-order valence-corrected chi connectivity index (χ3v) is 14.4. The molecule has 1 aliphatic rings. The molecule has 0 radical (unpaired) electrons. The van der Waals surface area contributed by atoms with Gasteiger partial charge in [0, 0.05) is 58.3 Å². The van der Waals surface area contributed by atoms with Crippen LogP contribution in [0.2, 0.25) is 0 Å². The number of hydrogen-bond donors (Lipinski definition) is 0. The molecule has 0 saturated carbocycles. The zero-order valence-electron chi connectivity index (χ0n) is 32.4. The van der Waals surface area contributed by atoms with Gasteiger partial charge in [-0.25, -0.2) is 4.98 Å². The van der Waals surface area contributed by atoms with Crippen molar-refractivity contribution in [2.75, 3.05) is 0 Å². The van der Waals surface area contributed by atoms with Gasteiger partial charge >= 0.3 is 0 Å². The summed E-state index contributed by atoms with van der Waals surface area (Å²) in [5.41, 5.74) is 10.8. The van der Waals surface area contributed by atoms with Gasteiger partial charge in [-0.05, 0) is 79.7 Å². The first-order valence-electron chi connectivity index (χ1n) is 20.2. The minimum absolute atomic E-state index is 0.207. The molecule has 0 fully saturated rings. The zero-order chi connectivity index (χ0) is 38.4. The maximum absolute atomic E-state index is 5.96. The number of rotatable bonds is 2. The molecule has 3 heteroatoms. The van der Waals surface area contributed by atoms with Gasteiger partial charge in [0.15, 0.2) is 0 Å². The Morgan fingerprint density at radius 1 is 0.517 bits per heavy atom. The molecule has 0 unspecified atom stereocenters. The number of aromatic nitrogens is 2. The Bertz CT molecular complexity index is 3750. The molecule has 0 aliphatic heterocycles. The molecule has 0 saturated heterocycles. The van der Waals surface area contributed by atoms with E-state index in [9.17, 15) is 0 Å². The van der Waals surface area contributed by atoms with E-state index in [1.54, 1.807) is 0 Å². The summed E-state index contributed by atoms with van der Waals surface area (Å²) in [7, 11) is 0. The predicted molar refractivity (Wildman–Crippen MR) is 249 cm³/mol. The first kappa shape index (κ1) is 32.3. The van der Waals surface area contributed by atoms with Crippen LogP contribution >= 0.6 is 11.3 Å². The minimum Gasteiger partial charge on any atom is -0.293 e. The van der Waals surface area contributed by atoms with Crippen LogP contribution in [-0.4, -0.2) is 9.55 Å². The van der Waals surface area contributed by atoms with Crippen LogP contribution in [0, 0.1) is 6.92 Å². The van der Waals surface area contributed by atoms with Crippen molar-refractivity contribution in [3.8, 4) is 28.2 Å². The molecule has 0 amide bonds. The Balaban J connectivity index is 1.26. The van der Waals surface area contributed by atoms with E-state index in [0.717, 1.165) is 11.5 Å². The Labute approximate surface area is 339 Å². The Morgan fingerprint density at radius 2 is 1.12 bits per heavy atom. The van der Waals surface area contributed by atoms with E-state index in [0.29, 0.717) is 0 Å². The maximum atomic E-state index is 5.96. The second kappa shape index (κ2) is 11.4. The van der Waals surface area contributed by atoms with E-state index in [4.69, 9.17) is 4.98 Å². The zero-order valence-corrected chi connectivity index (χ0v) is 33.2. The van der Waals surface area contributed by atoms with Crippen LogP contribution in [0.15, 0.2) is 164 Å². The highest BCUT2D eigenvalue weighted by atomic mass is 32.1. The molecule has 2 nitrogen and oxygen atoms in total. The standard InChI is InChI=1S/C55H36N2S/c1-31-48(33-25-26-39-38-19-11-13-23-46(38)58-47(39)30-33)54(56-52-42-21-10-12-22-44(42)55(2,3)51(31)52)57-45-29-28-41-37-18-7-6-16-35(37)36-17-8-9-20-40(36)49(41)50(45)43-27-24-32-14-4-5-15-34(32)53(43)57/h4-30H,1-3H3. The van der Waals surface area contributed by atoms with E-state index < -0.39 is 0 Å². The predicted octanol–water partition coefficient (Wildman–Crippen LogP) is 15.4. The molecule has 3 heterocycles. The van der Waals surface area contributed by atoms with E-state index in [-0.39, 0.29) is 5.41 Å². The van der Waals surface area contributed by atoms with E-state index >= 15 is 0 Å². The van der Waals surface area contributed by atoms with Crippen LogP contribution in [0.25, 0.3) is 113 Å².